The zero-order chi connectivity index (χ0) is 13.8. The van der Waals surface area contributed by atoms with E-state index in [4.69, 9.17) is 4.18 Å². The van der Waals surface area contributed by atoms with Crippen molar-refractivity contribution in [2.24, 2.45) is 0 Å². The number of thiol groups is 1. The van der Waals surface area contributed by atoms with Gasteiger partial charge in [-0.1, -0.05) is 12.1 Å². The second-order valence-electron chi connectivity index (χ2n) is 4.15. The molecule has 2 rings (SSSR count). The molecule has 0 aromatic heterocycles. The number of carbonyl (C=O) groups is 1. The molecule has 1 N–H and O–H groups in total. The van der Waals surface area contributed by atoms with Gasteiger partial charge >= 0.3 is 0 Å². The van der Waals surface area contributed by atoms with Gasteiger partial charge in [0, 0.05) is 27.7 Å². The third-order valence-corrected chi connectivity index (χ3v) is 5.73. The van der Waals surface area contributed by atoms with Crippen molar-refractivity contribution in [2.45, 2.75) is 6.92 Å². The van der Waals surface area contributed by atoms with Crippen LogP contribution in [0.15, 0.2) is 40.7 Å². The number of hydrogen-bond acceptors (Lipinski definition) is 2. The molecule has 1 atom stereocenters. The van der Waals surface area contributed by atoms with Gasteiger partial charge < -0.3 is 9.50 Å². The summed E-state index contributed by atoms with van der Waals surface area (Å²) in [5.74, 6) is -0.0447. The highest BCUT2D eigenvalue weighted by atomic mass is 127. The highest BCUT2D eigenvalue weighted by Crippen LogP contribution is 2.40. The van der Waals surface area contributed by atoms with E-state index >= 15 is 0 Å². The number of rotatable bonds is 4. The van der Waals surface area contributed by atoms with Gasteiger partial charge in [-0.05, 0) is 58.7 Å². The lowest BCUT2D eigenvalue weighted by Gasteiger charge is -2.16. The number of hydrogen-bond donors (Lipinski definition) is 2. The summed E-state index contributed by atoms with van der Waals surface area (Å²) in [6.07, 6.45) is 3.99. The SMILES string of the molecule is CO[SH]1C=CC=C1CNC(=O)c1ccc(C)c(I)c1. The number of allylic oxidation sites excluding steroid dienone is 2. The molecule has 1 aromatic rings. The van der Waals surface area contributed by atoms with Gasteiger partial charge in [0.2, 0.25) is 0 Å². The fourth-order valence-corrected chi connectivity index (χ4v) is 3.50. The Morgan fingerprint density at radius 2 is 2.26 bits per heavy atom. The monoisotopic (exact) mass is 389 g/mol. The van der Waals surface area contributed by atoms with Crippen LogP contribution in [0, 0.1) is 10.5 Å². The van der Waals surface area contributed by atoms with Crippen molar-refractivity contribution in [1.29, 1.82) is 0 Å². The molecule has 1 aliphatic rings. The fourth-order valence-electron chi connectivity index (χ4n) is 1.72. The third-order valence-electron chi connectivity index (χ3n) is 2.85. The van der Waals surface area contributed by atoms with Gasteiger partial charge in [0.1, 0.15) is 0 Å². The van der Waals surface area contributed by atoms with Crippen molar-refractivity contribution < 1.29 is 8.98 Å². The van der Waals surface area contributed by atoms with Crippen molar-refractivity contribution in [1.82, 2.24) is 5.32 Å². The maximum atomic E-state index is 12.1. The zero-order valence-corrected chi connectivity index (χ0v) is 13.9. The summed E-state index contributed by atoms with van der Waals surface area (Å²) in [5.41, 5.74) is 1.88. The highest BCUT2D eigenvalue weighted by molar-refractivity contribution is 14.1. The van der Waals surface area contributed by atoms with Gasteiger partial charge in [-0.15, -0.1) is 11.2 Å². The minimum Gasteiger partial charge on any atom is -0.347 e. The smallest absolute Gasteiger partial charge is 0.251 e. The maximum Gasteiger partial charge on any atom is 0.251 e. The standard InChI is InChI=1S/C14H16INO2S/c1-10-5-6-11(8-13(10)15)14(17)16-9-12-4-3-7-19(12)18-2/h3-8,19H,9H2,1-2H3,(H,16,17). The van der Waals surface area contributed by atoms with Gasteiger partial charge in [0.25, 0.3) is 5.91 Å². The minimum atomic E-state index is -0.653. The molecule has 0 radical (unpaired) electrons. The number of nitrogens with one attached hydrogen (secondary N) is 1. The first-order chi connectivity index (χ1) is 9.11. The molecule has 0 aliphatic carbocycles. The Labute approximate surface area is 129 Å². The average molecular weight is 389 g/mol. The van der Waals surface area contributed by atoms with Gasteiger partial charge in [0.05, 0.1) is 0 Å². The second-order valence-corrected chi connectivity index (χ2v) is 7.21. The topological polar surface area (TPSA) is 38.3 Å². The lowest BCUT2D eigenvalue weighted by Crippen LogP contribution is -2.25. The van der Waals surface area contributed by atoms with Crippen LogP contribution >= 0.6 is 33.8 Å². The predicted molar refractivity (Wildman–Crippen MR) is 89.4 cm³/mol. The number of carbonyl (C=O) groups excluding carboxylic acids is 1. The molecule has 0 bridgehead atoms. The quantitative estimate of drug-likeness (QED) is 0.613. The summed E-state index contributed by atoms with van der Waals surface area (Å²) in [6, 6.07) is 5.73. The van der Waals surface area contributed by atoms with Gasteiger partial charge in [-0.2, -0.15) is 0 Å². The van der Waals surface area contributed by atoms with E-state index in [9.17, 15) is 4.79 Å². The molecule has 3 nitrogen and oxygen atoms in total. The Kier molecular flexibility index (Phi) is 5.06. The lowest BCUT2D eigenvalue weighted by molar-refractivity contribution is 0.0957. The van der Waals surface area contributed by atoms with Crippen LogP contribution in [0.4, 0.5) is 0 Å². The summed E-state index contributed by atoms with van der Waals surface area (Å²) in [4.78, 5) is 13.2. The van der Waals surface area contributed by atoms with Crippen LogP contribution < -0.4 is 5.32 Å². The average Bonchev–Trinajstić information content (AvgIpc) is 2.86. The van der Waals surface area contributed by atoms with Crippen LogP contribution in [-0.2, 0) is 4.18 Å². The minimum absolute atomic E-state index is 0.0447. The zero-order valence-electron chi connectivity index (χ0n) is 10.8. The first-order valence-corrected chi connectivity index (χ1v) is 8.27. The summed E-state index contributed by atoms with van der Waals surface area (Å²) in [7, 11) is 1.69. The molecule has 1 unspecified atom stereocenters. The van der Waals surface area contributed by atoms with Crippen LogP contribution in [0.1, 0.15) is 15.9 Å². The van der Waals surface area contributed by atoms with Crippen molar-refractivity contribution in [3.05, 3.63) is 55.4 Å². The van der Waals surface area contributed by atoms with E-state index in [1.807, 2.05) is 42.7 Å². The van der Waals surface area contributed by atoms with Crippen LogP contribution in [0.3, 0.4) is 0 Å². The Bertz CT molecular complexity index is 554. The van der Waals surface area contributed by atoms with Gasteiger partial charge in [-0.25, -0.2) is 0 Å². The molecular formula is C14H16INO2S. The van der Waals surface area contributed by atoms with E-state index in [0.29, 0.717) is 12.1 Å². The Morgan fingerprint density at radius 3 is 2.95 bits per heavy atom. The number of aryl methyl sites for hydroxylation is 1. The number of amides is 1. The van der Waals surface area contributed by atoms with Crippen LogP contribution in [-0.4, -0.2) is 19.6 Å². The molecule has 1 amide bonds. The van der Waals surface area contributed by atoms with E-state index in [-0.39, 0.29) is 5.91 Å². The Hall–Kier alpha value is -0.790. The van der Waals surface area contributed by atoms with Crippen molar-refractivity contribution >= 4 is 39.7 Å². The molecule has 0 fully saturated rings. The summed E-state index contributed by atoms with van der Waals surface area (Å²) >= 11 is 1.59. The van der Waals surface area contributed by atoms with E-state index in [0.717, 1.165) is 8.48 Å². The Morgan fingerprint density at radius 1 is 1.47 bits per heavy atom. The van der Waals surface area contributed by atoms with Crippen LogP contribution in [0.25, 0.3) is 0 Å². The molecule has 0 spiro atoms. The van der Waals surface area contributed by atoms with Crippen LogP contribution in [0.5, 0.6) is 0 Å². The van der Waals surface area contributed by atoms with Crippen LogP contribution in [0.2, 0.25) is 0 Å². The van der Waals surface area contributed by atoms with Gasteiger partial charge in [-0.3, -0.25) is 4.79 Å². The second kappa shape index (κ2) is 6.58. The largest absolute Gasteiger partial charge is 0.347 e. The molecule has 1 aliphatic heterocycles. The normalized spacial score (nSPS) is 19.3. The number of halogens is 1. The molecule has 5 heteroatoms. The van der Waals surface area contributed by atoms with Crippen molar-refractivity contribution in [3.8, 4) is 0 Å². The predicted octanol–water partition coefficient (Wildman–Crippen LogP) is 3.30. The Balaban J connectivity index is 1.96. The van der Waals surface area contributed by atoms with E-state index < -0.39 is 11.2 Å². The van der Waals surface area contributed by atoms with E-state index in [2.05, 4.69) is 27.9 Å². The highest BCUT2D eigenvalue weighted by Gasteiger charge is 2.12. The summed E-state index contributed by atoms with van der Waals surface area (Å²) in [5, 5.41) is 4.97. The molecule has 0 saturated carbocycles. The first kappa shape index (κ1) is 14.6. The summed E-state index contributed by atoms with van der Waals surface area (Å²) < 4.78 is 6.46. The first-order valence-electron chi connectivity index (χ1n) is 5.87. The van der Waals surface area contributed by atoms with E-state index in [1.54, 1.807) is 7.11 Å². The maximum absolute atomic E-state index is 12.1. The third kappa shape index (κ3) is 3.61. The van der Waals surface area contributed by atoms with Gasteiger partial charge in [0.15, 0.2) is 0 Å². The van der Waals surface area contributed by atoms with E-state index in [1.165, 1.54) is 5.56 Å². The molecule has 19 heavy (non-hydrogen) atoms. The summed E-state index contributed by atoms with van der Waals surface area (Å²) in [6.45, 7) is 2.57. The molecule has 1 aromatic carbocycles. The molecule has 102 valence electrons. The molecular weight excluding hydrogens is 373 g/mol. The molecule has 0 saturated heterocycles. The number of benzene rings is 1. The lowest BCUT2D eigenvalue weighted by atomic mass is 10.1. The van der Waals surface area contributed by atoms with Crippen molar-refractivity contribution in [2.75, 3.05) is 13.7 Å². The van der Waals surface area contributed by atoms with Crippen molar-refractivity contribution in [3.63, 3.8) is 0 Å². The molecule has 1 heterocycles. The fraction of sp³-hybridized carbons (Fsp3) is 0.214.